The van der Waals surface area contributed by atoms with Crippen LogP contribution in [-0.2, 0) is 0 Å². The summed E-state index contributed by atoms with van der Waals surface area (Å²) in [5.74, 6) is 0. The van der Waals surface area contributed by atoms with E-state index in [1.165, 1.54) is 24.0 Å². The Morgan fingerprint density at radius 3 is 2.62 bits per heavy atom. The maximum Gasteiger partial charge on any atom is 0.0229 e. The minimum Gasteiger partial charge on any atom is -0.324 e. The monoisotopic (exact) mass is 173 g/mol. The standard InChI is InChI=1S/C12H15N/c13-12-8-4-7-11(9-12)10-5-2-1-3-6-10/h1-3,5-6,9,12H,4,7-8,13H2. The third-order valence-electron chi connectivity index (χ3n) is 2.54. The lowest BCUT2D eigenvalue weighted by Crippen LogP contribution is -2.19. The highest BCUT2D eigenvalue weighted by Crippen LogP contribution is 2.25. The van der Waals surface area contributed by atoms with E-state index in [1.807, 2.05) is 6.07 Å². The molecule has 0 radical (unpaired) electrons. The first kappa shape index (κ1) is 8.52. The Labute approximate surface area is 79.3 Å². The molecule has 13 heavy (non-hydrogen) atoms. The predicted octanol–water partition coefficient (Wildman–Crippen LogP) is 2.58. The van der Waals surface area contributed by atoms with Crippen molar-refractivity contribution < 1.29 is 0 Å². The minimum atomic E-state index is 0.268. The molecule has 1 aliphatic rings. The first-order valence-electron chi connectivity index (χ1n) is 4.88. The van der Waals surface area contributed by atoms with Gasteiger partial charge in [-0.05, 0) is 30.4 Å². The molecule has 1 heteroatoms. The SMILES string of the molecule is NC1C=C(c2ccccc2)CCC1. The van der Waals surface area contributed by atoms with Gasteiger partial charge < -0.3 is 5.73 Å². The largest absolute Gasteiger partial charge is 0.324 e. The van der Waals surface area contributed by atoms with Crippen LogP contribution in [0.15, 0.2) is 36.4 Å². The van der Waals surface area contributed by atoms with Gasteiger partial charge in [0.15, 0.2) is 0 Å². The molecule has 1 aromatic carbocycles. The molecule has 1 unspecified atom stereocenters. The van der Waals surface area contributed by atoms with Crippen LogP contribution in [-0.4, -0.2) is 6.04 Å². The average molecular weight is 173 g/mol. The fourth-order valence-electron chi connectivity index (χ4n) is 1.85. The van der Waals surface area contributed by atoms with E-state index in [0.29, 0.717) is 0 Å². The van der Waals surface area contributed by atoms with E-state index in [4.69, 9.17) is 5.73 Å². The lowest BCUT2D eigenvalue weighted by molar-refractivity contribution is 0.654. The van der Waals surface area contributed by atoms with Crippen LogP contribution in [0.1, 0.15) is 24.8 Å². The van der Waals surface area contributed by atoms with E-state index in [2.05, 4.69) is 30.3 Å². The van der Waals surface area contributed by atoms with Crippen molar-refractivity contribution in [2.45, 2.75) is 25.3 Å². The second-order valence-corrected chi connectivity index (χ2v) is 3.61. The van der Waals surface area contributed by atoms with Gasteiger partial charge in [-0.25, -0.2) is 0 Å². The second-order valence-electron chi connectivity index (χ2n) is 3.61. The zero-order chi connectivity index (χ0) is 9.10. The number of nitrogens with two attached hydrogens (primary N) is 1. The zero-order valence-corrected chi connectivity index (χ0v) is 7.74. The molecule has 0 aliphatic heterocycles. The lowest BCUT2D eigenvalue weighted by Gasteiger charge is -2.17. The smallest absolute Gasteiger partial charge is 0.0229 e. The van der Waals surface area contributed by atoms with Gasteiger partial charge in [-0.15, -0.1) is 0 Å². The number of allylic oxidation sites excluding steroid dienone is 1. The van der Waals surface area contributed by atoms with Crippen LogP contribution in [0.25, 0.3) is 5.57 Å². The average Bonchev–Trinajstić information content (AvgIpc) is 2.19. The van der Waals surface area contributed by atoms with Crippen molar-refractivity contribution >= 4 is 5.57 Å². The molecule has 0 aromatic heterocycles. The topological polar surface area (TPSA) is 26.0 Å². The van der Waals surface area contributed by atoms with Gasteiger partial charge in [-0.2, -0.15) is 0 Å². The summed E-state index contributed by atoms with van der Waals surface area (Å²) in [5.41, 5.74) is 8.63. The van der Waals surface area contributed by atoms with Crippen LogP contribution in [0, 0.1) is 0 Å². The van der Waals surface area contributed by atoms with Crippen LogP contribution in [0.2, 0.25) is 0 Å². The van der Waals surface area contributed by atoms with Crippen LogP contribution >= 0.6 is 0 Å². The fourth-order valence-corrected chi connectivity index (χ4v) is 1.85. The number of hydrogen-bond acceptors (Lipinski definition) is 1. The first-order valence-corrected chi connectivity index (χ1v) is 4.88. The maximum atomic E-state index is 5.89. The summed E-state index contributed by atoms with van der Waals surface area (Å²) in [6.45, 7) is 0. The Kier molecular flexibility index (Phi) is 2.46. The first-order chi connectivity index (χ1) is 6.36. The molecule has 0 saturated carbocycles. The Hall–Kier alpha value is -1.08. The molecule has 1 aliphatic carbocycles. The van der Waals surface area contributed by atoms with Gasteiger partial charge in [0.05, 0.1) is 0 Å². The molecular formula is C12H15N. The molecule has 0 saturated heterocycles. The highest BCUT2D eigenvalue weighted by atomic mass is 14.6. The molecular weight excluding hydrogens is 158 g/mol. The Morgan fingerprint density at radius 2 is 1.92 bits per heavy atom. The quantitative estimate of drug-likeness (QED) is 0.694. The van der Waals surface area contributed by atoms with Crippen molar-refractivity contribution in [3.63, 3.8) is 0 Å². The molecule has 0 bridgehead atoms. The van der Waals surface area contributed by atoms with Crippen LogP contribution in [0.3, 0.4) is 0 Å². The Bertz CT molecular complexity index is 300. The van der Waals surface area contributed by atoms with Gasteiger partial charge in [0.2, 0.25) is 0 Å². The number of rotatable bonds is 1. The summed E-state index contributed by atoms with van der Waals surface area (Å²) < 4.78 is 0. The zero-order valence-electron chi connectivity index (χ0n) is 7.74. The predicted molar refractivity (Wildman–Crippen MR) is 56.2 cm³/mol. The van der Waals surface area contributed by atoms with E-state index < -0.39 is 0 Å². The molecule has 0 heterocycles. The Balaban J connectivity index is 2.26. The lowest BCUT2D eigenvalue weighted by atomic mass is 9.91. The van der Waals surface area contributed by atoms with Crippen molar-refractivity contribution in [1.29, 1.82) is 0 Å². The molecule has 2 N–H and O–H groups in total. The van der Waals surface area contributed by atoms with Crippen molar-refractivity contribution in [3.8, 4) is 0 Å². The van der Waals surface area contributed by atoms with Gasteiger partial charge in [0.1, 0.15) is 0 Å². The summed E-state index contributed by atoms with van der Waals surface area (Å²) in [5, 5.41) is 0. The van der Waals surface area contributed by atoms with Crippen molar-refractivity contribution in [2.24, 2.45) is 5.73 Å². The highest BCUT2D eigenvalue weighted by Gasteiger charge is 2.10. The number of benzene rings is 1. The van der Waals surface area contributed by atoms with Crippen molar-refractivity contribution in [1.82, 2.24) is 0 Å². The third kappa shape index (κ3) is 1.99. The molecule has 68 valence electrons. The van der Waals surface area contributed by atoms with Gasteiger partial charge in [0, 0.05) is 6.04 Å². The van der Waals surface area contributed by atoms with Gasteiger partial charge >= 0.3 is 0 Å². The summed E-state index contributed by atoms with van der Waals surface area (Å²) in [4.78, 5) is 0. The van der Waals surface area contributed by atoms with Crippen LogP contribution < -0.4 is 5.73 Å². The Morgan fingerprint density at radius 1 is 1.15 bits per heavy atom. The molecule has 0 spiro atoms. The van der Waals surface area contributed by atoms with E-state index in [0.717, 1.165) is 6.42 Å². The van der Waals surface area contributed by atoms with Crippen molar-refractivity contribution in [3.05, 3.63) is 42.0 Å². The molecule has 1 nitrogen and oxygen atoms in total. The van der Waals surface area contributed by atoms with E-state index in [-0.39, 0.29) is 6.04 Å². The van der Waals surface area contributed by atoms with Gasteiger partial charge in [0.25, 0.3) is 0 Å². The summed E-state index contributed by atoms with van der Waals surface area (Å²) in [6, 6.07) is 10.8. The van der Waals surface area contributed by atoms with Crippen LogP contribution in [0.4, 0.5) is 0 Å². The maximum absolute atomic E-state index is 5.89. The van der Waals surface area contributed by atoms with E-state index in [1.54, 1.807) is 0 Å². The molecule has 0 amide bonds. The van der Waals surface area contributed by atoms with Gasteiger partial charge in [-0.1, -0.05) is 36.4 Å². The van der Waals surface area contributed by atoms with Crippen LogP contribution in [0.5, 0.6) is 0 Å². The number of hydrogen-bond donors (Lipinski definition) is 1. The summed E-state index contributed by atoms with van der Waals surface area (Å²) in [6.07, 6.45) is 5.74. The second kappa shape index (κ2) is 3.75. The summed E-state index contributed by atoms with van der Waals surface area (Å²) in [7, 11) is 0. The van der Waals surface area contributed by atoms with Gasteiger partial charge in [-0.3, -0.25) is 0 Å². The highest BCUT2D eigenvalue weighted by molar-refractivity contribution is 5.66. The minimum absolute atomic E-state index is 0.268. The molecule has 2 rings (SSSR count). The van der Waals surface area contributed by atoms with E-state index >= 15 is 0 Å². The summed E-state index contributed by atoms with van der Waals surface area (Å²) >= 11 is 0. The normalized spacial score (nSPS) is 22.5. The fraction of sp³-hybridized carbons (Fsp3) is 0.333. The molecule has 0 fully saturated rings. The third-order valence-corrected chi connectivity index (χ3v) is 2.54. The molecule has 1 aromatic rings. The van der Waals surface area contributed by atoms with Crippen molar-refractivity contribution in [2.75, 3.05) is 0 Å². The van der Waals surface area contributed by atoms with E-state index in [9.17, 15) is 0 Å². The molecule has 1 atom stereocenters.